The Balaban J connectivity index is 1.65. The Kier molecular flexibility index (Phi) is 6.36. The molecule has 0 bridgehead atoms. The first-order valence-corrected chi connectivity index (χ1v) is 11.6. The van der Waals surface area contributed by atoms with E-state index in [4.69, 9.17) is 0 Å². The van der Waals surface area contributed by atoms with Crippen molar-refractivity contribution in [1.82, 2.24) is 20.1 Å². The van der Waals surface area contributed by atoms with Gasteiger partial charge in [-0.25, -0.2) is 0 Å². The van der Waals surface area contributed by atoms with Crippen LogP contribution in [0.2, 0.25) is 0 Å². The maximum atomic E-state index is 13.2. The fourth-order valence-electron chi connectivity index (χ4n) is 4.79. The van der Waals surface area contributed by atoms with E-state index < -0.39 is 0 Å². The second-order valence-electron chi connectivity index (χ2n) is 9.74. The van der Waals surface area contributed by atoms with Crippen LogP contribution in [0.1, 0.15) is 56.6 Å². The normalized spacial score (nSPS) is 21.4. The van der Waals surface area contributed by atoms with E-state index in [1.165, 1.54) is 4.90 Å². The van der Waals surface area contributed by atoms with Gasteiger partial charge in [0.2, 0.25) is 0 Å². The van der Waals surface area contributed by atoms with Crippen molar-refractivity contribution in [2.45, 2.75) is 33.2 Å². The predicted octanol–water partition coefficient (Wildman–Crippen LogP) is 2.90. The van der Waals surface area contributed by atoms with Gasteiger partial charge in [0.25, 0.3) is 17.7 Å². The second-order valence-corrected chi connectivity index (χ2v) is 9.74. The number of nitrogens with zero attached hydrogens (tertiary/aromatic N) is 2. The Labute approximate surface area is 200 Å². The summed E-state index contributed by atoms with van der Waals surface area (Å²) in [4.78, 5) is 45.4. The molecule has 8 nitrogen and oxygen atoms in total. The Morgan fingerprint density at radius 2 is 1.97 bits per heavy atom. The number of likely N-dealkylation sites (N-methyl/N-ethyl adjacent to an activating group) is 1. The summed E-state index contributed by atoms with van der Waals surface area (Å²) in [7, 11) is 5.46. The molecule has 3 N–H and O–H groups in total. The van der Waals surface area contributed by atoms with Gasteiger partial charge in [0.1, 0.15) is 0 Å². The molecule has 3 amide bonds. The zero-order valence-corrected chi connectivity index (χ0v) is 20.7. The van der Waals surface area contributed by atoms with Crippen molar-refractivity contribution < 1.29 is 14.4 Å². The van der Waals surface area contributed by atoms with Crippen molar-refractivity contribution in [3.63, 3.8) is 0 Å². The minimum absolute atomic E-state index is 0.0989. The summed E-state index contributed by atoms with van der Waals surface area (Å²) in [5, 5.41) is 6.08. The summed E-state index contributed by atoms with van der Waals surface area (Å²) in [5.74, 6) is -0.0478. The van der Waals surface area contributed by atoms with Gasteiger partial charge in [-0.3, -0.25) is 14.4 Å². The summed E-state index contributed by atoms with van der Waals surface area (Å²) < 4.78 is 0. The van der Waals surface area contributed by atoms with Crippen LogP contribution >= 0.6 is 0 Å². The Morgan fingerprint density at radius 1 is 1.24 bits per heavy atom. The average molecular weight is 464 g/mol. The molecular weight excluding hydrogens is 430 g/mol. The van der Waals surface area contributed by atoms with Crippen LogP contribution in [-0.4, -0.2) is 72.8 Å². The summed E-state index contributed by atoms with van der Waals surface area (Å²) >= 11 is 0. The largest absolute Gasteiger partial charge is 0.358 e. The second kappa shape index (κ2) is 9.10. The highest BCUT2D eigenvalue weighted by atomic mass is 16.2. The highest BCUT2D eigenvalue weighted by molar-refractivity contribution is 6.35. The lowest BCUT2D eigenvalue weighted by Crippen LogP contribution is -2.50. The molecule has 1 aromatic heterocycles. The van der Waals surface area contributed by atoms with E-state index in [-0.39, 0.29) is 23.8 Å². The zero-order valence-electron chi connectivity index (χ0n) is 20.7. The SMILES string of the molecule is Cc1[nH]c(/C=C2\C(=O)Nc3ccc(C(=O)N(C)C)cc32)c(C)c1C(=O)NC1CN(C)CCC1C. The number of carbonyl (C=O) groups is 3. The van der Waals surface area contributed by atoms with E-state index in [0.29, 0.717) is 39.6 Å². The number of aryl methyl sites for hydroxylation is 1. The van der Waals surface area contributed by atoms with Crippen LogP contribution in [0, 0.1) is 19.8 Å². The van der Waals surface area contributed by atoms with Crippen molar-refractivity contribution in [1.29, 1.82) is 0 Å². The van der Waals surface area contributed by atoms with Gasteiger partial charge in [0.05, 0.1) is 11.1 Å². The van der Waals surface area contributed by atoms with Crippen LogP contribution in [0.25, 0.3) is 11.6 Å². The number of fused-ring (bicyclic) bond motifs is 1. The molecule has 0 spiro atoms. The number of benzene rings is 1. The van der Waals surface area contributed by atoms with E-state index in [2.05, 4.69) is 34.5 Å². The molecule has 2 aliphatic rings. The Morgan fingerprint density at radius 3 is 2.68 bits per heavy atom. The number of anilines is 1. The van der Waals surface area contributed by atoms with Crippen LogP contribution < -0.4 is 10.6 Å². The van der Waals surface area contributed by atoms with Crippen LogP contribution in [0.5, 0.6) is 0 Å². The van der Waals surface area contributed by atoms with Crippen molar-refractivity contribution in [2.24, 2.45) is 5.92 Å². The number of likely N-dealkylation sites (tertiary alicyclic amines) is 1. The van der Waals surface area contributed by atoms with Gasteiger partial charge in [-0.15, -0.1) is 0 Å². The van der Waals surface area contributed by atoms with E-state index >= 15 is 0 Å². The lowest BCUT2D eigenvalue weighted by molar-refractivity contribution is -0.110. The Bertz CT molecular complexity index is 1190. The van der Waals surface area contributed by atoms with E-state index in [9.17, 15) is 14.4 Å². The first kappa shape index (κ1) is 23.8. The number of nitrogens with one attached hydrogen (secondary N) is 3. The topological polar surface area (TPSA) is 97.5 Å². The first-order valence-electron chi connectivity index (χ1n) is 11.6. The highest BCUT2D eigenvalue weighted by Crippen LogP contribution is 2.35. The number of amides is 3. The first-order chi connectivity index (χ1) is 16.1. The number of aromatic amines is 1. The fraction of sp³-hybridized carbons (Fsp3) is 0.423. The number of carbonyl (C=O) groups excluding carboxylic acids is 3. The minimum Gasteiger partial charge on any atom is -0.358 e. The number of aromatic nitrogens is 1. The number of hydrogen-bond acceptors (Lipinski definition) is 4. The van der Waals surface area contributed by atoms with Crippen LogP contribution in [0.4, 0.5) is 5.69 Å². The maximum Gasteiger partial charge on any atom is 0.256 e. The third-order valence-electron chi connectivity index (χ3n) is 6.93. The van der Waals surface area contributed by atoms with E-state index in [1.54, 1.807) is 38.4 Å². The van der Waals surface area contributed by atoms with Gasteiger partial charge < -0.3 is 25.4 Å². The van der Waals surface area contributed by atoms with Gasteiger partial charge in [0, 0.05) is 54.9 Å². The average Bonchev–Trinajstić information content (AvgIpc) is 3.24. The van der Waals surface area contributed by atoms with Gasteiger partial charge in [-0.2, -0.15) is 0 Å². The molecule has 4 rings (SSSR count). The summed E-state index contributed by atoms with van der Waals surface area (Å²) in [5.41, 5.74) is 5.19. The molecule has 34 heavy (non-hydrogen) atoms. The predicted molar refractivity (Wildman–Crippen MR) is 134 cm³/mol. The molecule has 2 aromatic rings. The van der Waals surface area contributed by atoms with Crippen molar-refractivity contribution in [2.75, 3.05) is 39.5 Å². The van der Waals surface area contributed by atoms with Gasteiger partial charge in [0.15, 0.2) is 0 Å². The maximum absolute atomic E-state index is 13.2. The Hall–Kier alpha value is -3.39. The standard InChI is InChI=1S/C26H33N5O3/c1-14-9-10-31(6)13-22(14)29-25(33)23-15(2)21(27-16(23)3)12-19-18-11-17(26(34)30(4)5)7-8-20(18)28-24(19)32/h7-8,11-12,14,22,27H,9-10,13H2,1-6H3,(H,28,32)(H,29,33)/b19-12-. The molecule has 2 atom stereocenters. The molecule has 1 aromatic carbocycles. The molecule has 180 valence electrons. The van der Waals surface area contributed by atoms with Crippen LogP contribution in [0.3, 0.4) is 0 Å². The lowest BCUT2D eigenvalue weighted by Gasteiger charge is -2.35. The zero-order chi connectivity index (χ0) is 24.7. The number of piperidine rings is 1. The molecule has 8 heteroatoms. The smallest absolute Gasteiger partial charge is 0.256 e. The number of H-pyrrole nitrogens is 1. The van der Waals surface area contributed by atoms with Gasteiger partial charge in [-0.1, -0.05) is 6.92 Å². The monoisotopic (exact) mass is 463 g/mol. The van der Waals surface area contributed by atoms with E-state index in [1.807, 2.05) is 13.8 Å². The van der Waals surface area contributed by atoms with Gasteiger partial charge in [-0.05, 0) is 69.6 Å². The van der Waals surface area contributed by atoms with Crippen molar-refractivity contribution >= 4 is 35.1 Å². The summed E-state index contributed by atoms with van der Waals surface area (Å²) in [6, 6.07) is 5.29. The molecule has 2 unspecified atom stereocenters. The lowest BCUT2D eigenvalue weighted by atomic mass is 9.93. The summed E-state index contributed by atoms with van der Waals surface area (Å²) in [6.45, 7) is 7.81. The third kappa shape index (κ3) is 4.37. The number of rotatable bonds is 4. The minimum atomic E-state index is -0.235. The molecule has 1 saturated heterocycles. The van der Waals surface area contributed by atoms with Crippen LogP contribution in [0.15, 0.2) is 18.2 Å². The van der Waals surface area contributed by atoms with Gasteiger partial charge >= 0.3 is 0 Å². The fourth-order valence-corrected chi connectivity index (χ4v) is 4.79. The quantitative estimate of drug-likeness (QED) is 0.608. The van der Waals surface area contributed by atoms with E-state index in [0.717, 1.165) is 30.8 Å². The third-order valence-corrected chi connectivity index (χ3v) is 6.93. The molecule has 2 aliphatic heterocycles. The summed E-state index contributed by atoms with van der Waals surface area (Å²) in [6.07, 6.45) is 2.82. The molecular formula is C26H33N5O3. The number of hydrogen-bond donors (Lipinski definition) is 3. The molecule has 0 aliphatic carbocycles. The molecule has 1 fully saturated rings. The van der Waals surface area contributed by atoms with Crippen LogP contribution in [-0.2, 0) is 4.79 Å². The molecule has 0 radical (unpaired) electrons. The van der Waals surface area contributed by atoms with Crippen molar-refractivity contribution in [3.05, 3.63) is 51.8 Å². The highest BCUT2D eigenvalue weighted by Gasteiger charge is 2.29. The molecule has 0 saturated carbocycles. The molecule has 3 heterocycles. The van der Waals surface area contributed by atoms with Crippen molar-refractivity contribution in [3.8, 4) is 0 Å².